The van der Waals surface area contributed by atoms with E-state index in [0.717, 1.165) is 5.56 Å². The maximum atomic E-state index is 13.9. The quantitative estimate of drug-likeness (QED) is 0.221. The van der Waals surface area contributed by atoms with Gasteiger partial charge >= 0.3 is 6.09 Å². The minimum atomic E-state index is -4.08. The predicted molar refractivity (Wildman–Crippen MR) is 172 cm³/mol. The van der Waals surface area contributed by atoms with E-state index in [4.69, 9.17) is 28.4 Å². The first-order chi connectivity index (χ1) is 23.0. The molecule has 3 aliphatic heterocycles. The molecule has 15 heteroatoms. The second kappa shape index (κ2) is 16.2. The number of aliphatic hydroxyl groups is 1. The van der Waals surface area contributed by atoms with Gasteiger partial charge in [0.2, 0.25) is 22.7 Å². The maximum absolute atomic E-state index is 13.9. The number of ether oxygens (including phenoxy) is 6. The Morgan fingerprint density at radius 3 is 2.58 bits per heavy atom. The molecule has 2 saturated heterocycles. The molecule has 3 heterocycles. The summed E-state index contributed by atoms with van der Waals surface area (Å²) in [7, 11) is -2.49. The molecule has 0 radical (unpaired) electrons. The van der Waals surface area contributed by atoms with Gasteiger partial charge < -0.3 is 44.2 Å². The number of carbonyl (C=O) groups excluding carboxylic acids is 2. The second-order valence-corrected chi connectivity index (χ2v) is 14.4. The summed E-state index contributed by atoms with van der Waals surface area (Å²) >= 11 is 0. The maximum Gasteiger partial charge on any atom is 0.407 e. The molecule has 5 unspecified atom stereocenters. The minimum absolute atomic E-state index is 0.00288. The van der Waals surface area contributed by atoms with E-state index in [1.807, 2.05) is 13.8 Å². The minimum Gasteiger partial charge on any atom is -0.494 e. The molecular formula is C33H45N3O11S. The standard InChI is InChI=1S/C33H45N3O11S/c1-21(2)17-36(48(40,41)24-10-11-28-29(16-24)46-20-45-28)18-27(37)26(35-33(39)47-30-19-44-32-25(30)12-14-43-32)15-22-6-8-23(9-7-22)42-13-4-5-31(38)34-3/h6-11,16,21,25-27,30,32,37H,4-5,12-15,17-20H2,1-3H3,(H,34,38)(H,35,39). The van der Waals surface area contributed by atoms with Crippen LogP contribution in [0.1, 0.15) is 38.7 Å². The molecule has 2 aromatic rings. The number of nitrogens with zero attached hydrogens (tertiary/aromatic N) is 1. The van der Waals surface area contributed by atoms with Crippen LogP contribution in [0.2, 0.25) is 0 Å². The van der Waals surface area contributed by atoms with Crippen LogP contribution in [0.25, 0.3) is 0 Å². The molecule has 5 rings (SSSR count). The monoisotopic (exact) mass is 691 g/mol. The van der Waals surface area contributed by atoms with Crippen LogP contribution in [0.3, 0.4) is 0 Å². The molecule has 2 fully saturated rings. The molecular weight excluding hydrogens is 646 g/mol. The van der Waals surface area contributed by atoms with Crippen molar-refractivity contribution in [3.63, 3.8) is 0 Å². The Morgan fingerprint density at radius 1 is 1.06 bits per heavy atom. The lowest BCUT2D eigenvalue weighted by Gasteiger charge is -2.31. The largest absolute Gasteiger partial charge is 0.494 e. The third-order valence-electron chi connectivity index (χ3n) is 8.43. The first kappa shape index (κ1) is 35.7. The van der Waals surface area contributed by atoms with Crippen LogP contribution in [-0.2, 0) is 35.4 Å². The number of hydrogen-bond donors (Lipinski definition) is 3. The fourth-order valence-electron chi connectivity index (χ4n) is 5.88. The number of fused-ring (bicyclic) bond motifs is 2. The van der Waals surface area contributed by atoms with Crippen LogP contribution in [0.4, 0.5) is 4.79 Å². The molecule has 0 spiro atoms. The lowest BCUT2D eigenvalue weighted by Crippen LogP contribution is -2.51. The Bertz CT molecular complexity index is 1500. The SMILES string of the molecule is CNC(=O)CCCOc1ccc(CC(NC(=O)OC2COC3OCCC23)C(O)CN(CC(C)C)S(=O)(=O)c2ccc3c(c2)OCO3)cc1. The van der Waals surface area contributed by atoms with Crippen LogP contribution in [0.15, 0.2) is 47.4 Å². The van der Waals surface area contributed by atoms with Crippen molar-refractivity contribution in [3.05, 3.63) is 48.0 Å². The smallest absolute Gasteiger partial charge is 0.407 e. The molecule has 5 atom stereocenters. The van der Waals surface area contributed by atoms with Gasteiger partial charge in [0.15, 0.2) is 17.8 Å². The molecule has 3 aliphatic rings. The van der Waals surface area contributed by atoms with Crippen molar-refractivity contribution in [2.24, 2.45) is 11.8 Å². The summed E-state index contributed by atoms with van der Waals surface area (Å²) in [6, 6.07) is 10.6. The van der Waals surface area contributed by atoms with E-state index in [2.05, 4.69) is 10.6 Å². The van der Waals surface area contributed by atoms with Gasteiger partial charge in [-0.15, -0.1) is 0 Å². The third-order valence-corrected chi connectivity index (χ3v) is 10.3. The summed E-state index contributed by atoms with van der Waals surface area (Å²) in [5.41, 5.74) is 0.763. The van der Waals surface area contributed by atoms with Crippen LogP contribution in [-0.4, -0.2) is 101 Å². The summed E-state index contributed by atoms with van der Waals surface area (Å²) < 4.78 is 62.3. The number of sulfonamides is 1. The van der Waals surface area contributed by atoms with Crippen molar-refractivity contribution in [1.82, 2.24) is 14.9 Å². The highest BCUT2D eigenvalue weighted by molar-refractivity contribution is 7.89. The van der Waals surface area contributed by atoms with Crippen molar-refractivity contribution in [3.8, 4) is 17.2 Å². The zero-order valence-corrected chi connectivity index (χ0v) is 28.3. The average molecular weight is 692 g/mol. The van der Waals surface area contributed by atoms with E-state index in [0.29, 0.717) is 49.7 Å². The molecule has 0 bridgehead atoms. The molecule has 0 aliphatic carbocycles. The fraction of sp³-hybridized carbons (Fsp3) is 0.576. The van der Waals surface area contributed by atoms with Crippen molar-refractivity contribution in [2.45, 2.75) is 69.0 Å². The van der Waals surface area contributed by atoms with Crippen molar-refractivity contribution < 1.29 is 51.5 Å². The highest BCUT2D eigenvalue weighted by Crippen LogP contribution is 2.35. The highest BCUT2D eigenvalue weighted by atomic mass is 32.2. The lowest BCUT2D eigenvalue weighted by molar-refractivity contribution is -0.120. The van der Waals surface area contributed by atoms with Crippen LogP contribution in [0.5, 0.6) is 17.2 Å². The van der Waals surface area contributed by atoms with Crippen LogP contribution < -0.4 is 24.8 Å². The van der Waals surface area contributed by atoms with Crippen molar-refractivity contribution in [2.75, 3.05) is 46.8 Å². The van der Waals surface area contributed by atoms with E-state index in [-0.39, 0.29) is 55.5 Å². The van der Waals surface area contributed by atoms with Gasteiger partial charge in [0.05, 0.1) is 42.8 Å². The molecule has 14 nitrogen and oxygen atoms in total. The molecule has 48 heavy (non-hydrogen) atoms. The molecule has 3 N–H and O–H groups in total. The Hall–Kier alpha value is -3.63. The molecule has 2 amide bonds. The summed E-state index contributed by atoms with van der Waals surface area (Å²) in [5, 5.41) is 17.0. The van der Waals surface area contributed by atoms with Crippen LogP contribution in [0, 0.1) is 11.8 Å². The Morgan fingerprint density at radius 2 is 1.83 bits per heavy atom. The zero-order chi connectivity index (χ0) is 34.3. The Balaban J connectivity index is 1.30. The highest BCUT2D eigenvalue weighted by Gasteiger charge is 2.44. The summed E-state index contributed by atoms with van der Waals surface area (Å²) in [4.78, 5) is 24.7. The van der Waals surface area contributed by atoms with Gasteiger partial charge in [-0.2, -0.15) is 4.31 Å². The van der Waals surface area contributed by atoms with E-state index >= 15 is 0 Å². The average Bonchev–Trinajstić information content (AvgIpc) is 3.81. The molecule has 264 valence electrons. The summed E-state index contributed by atoms with van der Waals surface area (Å²) in [6.45, 7) is 4.69. The van der Waals surface area contributed by atoms with Gasteiger partial charge in [-0.1, -0.05) is 26.0 Å². The van der Waals surface area contributed by atoms with Gasteiger partial charge in [0.25, 0.3) is 0 Å². The van der Waals surface area contributed by atoms with E-state index in [9.17, 15) is 23.1 Å². The Kier molecular flexibility index (Phi) is 12.0. The lowest BCUT2D eigenvalue weighted by atomic mass is 10.0. The molecule has 0 saturated carbocycles. The number of amides is 2. The second-order valence-electron chi connectivity index (χ2n) is 12.5. The van der Waals surface area contributed by atoms with E-state index in [1.54, 1.807) is 37.4 Å². The number of benzene rings is 2. The van der Waals surface area contributed by atoms with E-state index < -0.39 is 40.7 Å². The van der Waals surface area contributed by atoms with Gasteiger partial charge in [0, 0.05) is 32.6 Å². The van der Waals surface area contributed by atoms with Gasteiger partial charge in [-0.25, -0.2) is 13.2 Å². The topological polar surface area (TPSA) is 171 Å². The fourth-order valence-corrected chi connectivity index (χ4v) is 7.51. The summed E-state index contributed by atoms with van der Waals surface area (Å²) in [5.74, 6) is 1.19. The van der Waals surface area contributed by atoms with E-state index in [1.165, 1.54) is 16.4 Å². The molecule has 0 aromatic heterocycles. The predicted octanol–water partition coefficient (Wildman–Crippen LogP) is 2.43. The Labute approximate surface area is 281 Å². The number of alkyl carbamates (subject to hydrolysis) is 1. The van der Waals surface area contributed by atoms with Gasteiger partial charge in [-0.3, -0.25) is 4.79 Å². The first-order valence-corrected chi connectivity index (χ1v) is 17.7. The normalized spacial score (nSPS) is 21.2. The van der Waals surface area contributed by atoms with Gasteiger partial charge in [0.1, 0.15) is 11.9 Å². The number of aliphatic hydroxyl groups excluding tert-OH is 1. The van der Waals surface area contributed by atoms with Crippen molar-refractivity contribution >= 4 is 22.0 Å². The number of nitrogens with one attached hydrogen (secondary N) is 2. The molecule has 2 aromatic carbocycles. The third kappa shape index (κ3) is 9.08. The van der Waals surface area contributed by atoms with Gasteiger partial charge in [-0.05, 0) is 55.0 Å². The summed E-state index contributed by atoms with van der Waals surface area (Å²) in [6.07, 6.45) is -1.18. The van der Waals surface area contributed by atoms with Crippen molar-refractivity contribution in [1.29, 1.82) is 0 Å². The number of carbonyl (C=O) groups is 2. The van der Waals surface area contributed by atoms with Crippen LogP contribution >= 0.6 is 0 Å². The zero-order valence-electron chi connectivity index (χ0n) is 27.5. The number of rotatable bonds is 16. The number of hydrogen-bond acceptors (Lipinski definition) is 11. The first-order valence-electron chi connectivity index (χ1n) is 16.2.